The second-order valence-corrected chi connectivity index (χ2v) is 6.75. The van der Waals surface area contributed by atoms with Gasteiger partial charge in [-0.25, -0.2) is 0 Å². The largest absolute Gasteiger partial charge is 0.353 e. The normalized spacial score (nSPS) is 27.7. The van der Waals surface area contributed by atoms with Crippen molar-refractivity contribution in [2.75, 3.05) is 6.54 Å². The van der Waals surface area contributed by atoms with Crippen molar-refractivity contribution >= 4 is 11.8 Å². The Labute approximate surface area is 129 Å². The molecule has 2 aliphatic heterocycles. The molecular formula is C15H21N5O2. The molecule has 0 bridgehead atoms. The van der Waals surface area contributed by atoms with Crippen molar-refractivity contribution in [3.8, 4) is 0 Å². The Hall–Kier alpha value is -1.92. The molecule has 2 fully saturated rings. The third-order valence-corrected chi connectivity index (χ3v) is 4.85. The van der Waals surface area contributed by atoms with Crippen LogP contribution in [0.15, 0.2) is 0 Å². The van der Waals surface area contributed by atoms with Gasteiger partial charge in [0.2, 0.25) is 11.8 Å². The molecule has 2 amide bonds. The Morgan fingerprint density at radius 1 is 1.32 bits per heavy atom. The molecule has 0 aromatic carbocycles. The fourth-order valence-corrected chi connectivity index (χ4v) is 3.54. The molecule has 0 spiro atoms. The molecular weight excluding hydrogens is 282 g/mol. The van der Waals surface area contributed by atoms with Gasteiger partial charge in [0.25, 0.3) is 0 Å². The molecule has 1 aromatic heterocycles. The third kappa shape index (κ3) is 2.38. The Morgan fingerprint density at radius 2 is 2.14 bits per heavy atom. The maximum Gasteiger partial charge on any atom is 0.225 e. The Balaban J connectivity index is 1.45. The van der Waals surface area contributed by atoms with Gasteiger partial charge in [0.05, 0.1) is 12.6 Å². The number of fused-ring (bicyclic) bond motifs is 1. The van der Waals surface area contributed by atoms with Gasteiger partial charge in [0.15, 0.2) is 5.82 Å². The second kappa shape index (κ2) is 5.07. The molecule has 1 N–H and O–H groups in total. The smallest absolute Gasteiger partial charge is 0.225 e. The second-order valence-electron chi connectivity index (χ2n) is 6.75. The highest BCUT2D eigenvalue weighted by atomic mass is 16.2. The van der Waals surface area contributed by atoms with Gasteiger partial charge in [0.1, 0.15) is 5.82 Å². The standard InChI is InChI=1S/C15H21N5O2/c1-9-7-19(14(22)6-11-4-5-13(21)16-11)8-12-17-18-15(20(9)12)10-2-3-10/h9-11H,2-8H2,1H3,(H,16,21)/t9-,11+/m0/s1. The summed E-state index contributed by atoms with van der Waals surface area (Å²) in [5.41, 5.74) is 0. The van der Waals surface area contributed by atoms with Gasteiger partial charge in [-0.3, -0.25) is 9.59 Å². The van der Waals surface area contributed by atoms with E-state index >= 15 is 0 Å². The maximum absolute atomic E-state index is 12.5. The van der Waals surface area contributed by atoms with Crippen molar-refractivity contribution in [1.29, 1.82) is 0 Å². The molecule has 2 atom stereocenters. The number of nitrogens with one attached hydrogen (secondary N) is 1. The minimum Gasteiger partial charge on any atom is -0.353 e. The lowest BCUT2D eigenvalue weighted by Crippen LogP contribution is -2.43. The van der Waals surface area contributed by atoms with Crippen molar-refractivity contribution in [3.05, 3.63) is 11.6 Å². The average Bonchev–Trinajstić information content (AvgIpc) is 3.11. The first kappa shape index (κ1) is 13.7. The van der Waals surface area contributed by atoms with Crippen LogP contribution in [0.3, 0.4) is 0 Å². The topological polar surface area (TPSA) is 80.1 Å². The zero-order valence-electron chi connectivity index (χ0n) is 12.8. The summed E-state index contributed by atoms with van der Waals surface area (Å²) in [6.07, 6.45) is 4.09. The lowest BCUT2D eigenvalue weighted by atomic mass is 10.1. The van der Waals surface area contributed by atoms with Crippen LogP contribution in [0.1, 0.15) is 62.6 Å². The van der Waals surface area contributed by atoms with Crippen LogP contribution in [0.25, 0.3) is 0 Å². The van der Waals surface area contributed by atoms with Crippen LogP contribution in [-0.4, -0.2) is 44.1 Å². The lowest BCUT2D eigenvalue weighted by molar-refractivity contribution is -0.133. The van der Waals surface area contributed by atoms with Crippen LogP contribution in [0, 0.1) is 0 Å². The van der Waals surface area contributed by atoms with Gasteiger partial charge < -0.3 is 14.8 Å². The molecule has 0 unspecified atom stereocenters. The van der Waals surface area contributed by atoms with Gasteiger partial charge >= 0.3 is 0 Å². The highest BCUT2D eigenvalue weighted by Gasteiger charge is 2.36. The molecule has 118 valence electrons. The first-order valence-electron chi connectivity index (χ1n) is 8.12. The molecule has 1 aliphatic carbocycles. The van der Waals surface area contributed by atoms with Crippen molar-refractivity contribution in [1.82, 2.24) is 25.0 Å². The summed E-state index contributed by atoms with van der Waals surface area (Å²) in [5, 5.41) is 11.5. The van der Waals surface area contributed by atoms with Crippen molar-refractivity contribution in [3.63, 3.8) is 0 Å². The first-order chi connectivity index (χ1) is 10.6. The number of carbonyl (C=O) groups is 2. The monoisotopic (exact) mass is 303 g/mol. The van der Waals surface area contributed by atoms with Crippen molar-refractivity contribution in [2.45, 2.75) is 63.6 Å². The van der Waals surface area contributed by atoms with Crippen molar-refractivity contribution in [2.24, 2.45) is 0 Å². The van der Waals surface area contributed by atoms with Crippen LogP contribution in [0.2, 0.25) is 0 Å². The quantitative estimate of drug-likeness (QED) is 0.892. The molecule has 7 heteroatoms. The van der Waals surface area contributed by atoms with Gasteiger partial charge in [-0.2, -0.15) is 0 Å². The predicted octanol–water partition coefficient (Wildman–Crippen LogP) is 0.727. The summed E-state index contributed by atoms with van der Waals surface area (Å²) in [6, 6.07) is 0.216. The van der Waals surface area contributed by atoms with Crippen LogP contribution < -0.4 is 5.32 Å². The van der Waals surface area contributed by atoms with E-state index in [-0.39, 0.29) is 23.9 Å². The summed E-state index contributed by atoms with van der Waals surface area (Å²) in [7, 11) is 0. The molecule has 1 saturated heterocycles. The van der Waals surface area contributed by atoms with Crippen molar-refractivity contribution < 1.29 is 9.59 Å². The summed E-state index contributed by atoms with van der Waals surface area (Å²) in [4.78, 5) is 25.6. The minimum atomic E-state index is -0.00266. The van der Waals surface area contributed by atoms with E-state index in [1.54, 1.807) is 0 Å². The molecule has 7 nitrogen and oxygen atoms in total. The van der Waals surface area contributed by atoms with Gasteiger partial charge in [-0.05, 0) is 26.2 Å². The van der Waals surface area contributed by atoms with Gasteiger partial charge in [0, 0.05) is 31.3 Å². The number of rotatable bonds is 3. The van der Waals surface area contributed by atoms with Crippen LogP contribution in [0.4, 0.5) is 0 Å². The van der Waals surface area contributed by atoms with Gasteiger partial charge in [-0.15, -0.1) is 10.2 Å². The molecule has 1 aromatic rings. The highest BCUT2D eigenvalue weighted by molar-refractivity contribution is 5.82. The maximum atomic E-state index is 12.5. The van der Waals surface area contributed by atoms with E-state index in [1.807, 2.05) is 4.90 Å². The Bertz CT molecular complexity index is 621. The van der Waals surface area contributed by atoms with E-state index in [9.17, 15) is 9.59 Å². The van der Waals surface area contributed by atoms with E-state index in [0.717, 1.165) is 18.1 Å². The number of hydrogen-bond acceptors (Lipinski definition) is 4. The number of nitrogens with zero attached hydrogens (tertiary/aromatic N) is 4. The first-order valence-corrected chi connectivity index (χ1v) is 8.12. The highest BCUT2D eigenvalue weighted by Crippen LogP contribution is 2.41. The fraction of sp³-hybridized carbons (Fsp3) is 0.733. The lowest BCUT2D eigenvalue weighted by Gasteiger charge is -2.33. The summed E-state index contributed by atoms with van der Waals surface area (Å²) >= 11 is 0. The number of aromatic nitrogens is 3. The summed E-state index contributed by atoms with van der Waals surface area (Å²) < 4.78 is 2.22. The molecule has 1 saturated carbocycles. The molecule has 22 heavy (non-hydrogen) atoms. The van der Waals surface area contributed by atoms with E-state index in [4.69, 9.17) is 0 Å². The Morgan fingerprint density at radius 3 is 2.82 bits per heavy atom. The average molecular weight is 303 g/mol. The fourth-order valence-electron chi connectivity index (χ4n) is 3.54. The van der Waals surface area contributed by atoms with E-state index in [0.29, 0.717) is 31.8 Å². The van der Waals surface area contributed by atoms with Crippen LogP contribution in [0.5, 0.6) is 0 Å². The SMILES string of the molecule is C[C@H]1CN(C(=O)C[C@H]2CCC(=O)N2)Cc2nnc(C3CC3)n21. The minimum absolute atomic E-state index is 0.00266. The molecule has 3 aliphatic rings. The predicted molar refractivity (Wildman–Crippen MR) is 77.9 cm³/mol. The number of carbonyl (C=O) groups excluding carboxylic acids is 2. The number of amides is 2. The summed E-state index contributed by atoms with van der Waals surface area (Å²) in [5.74, 6) is 2.71. The zero-order chi connectivity index (χ0) is 15.3. The third-order valence-electron chi connectivity index (χ3n) is 4.85. The van der Waals surface area contributed by atoms with E-state index in [2.05, 4.69) is 27.0 Å². The molecule has 3 heterocycles. The van der Waals surface area contributed by atoms with E-state index < -0.39 is 0 Å². The molecule has 4 rings (SSSR count). The van der Waals surface area contributed by atoms with Crippen LogP contribution >= 0.6 is 0 Å². The number of hydrogen-bond donors (Lipinski definition) is 1. The summed E-state index contributed by atoms with van der Waals surface area (Å²) in [6.45, 7) is 3.35. The van der Waals surface area contributed by atoms with Crippen LogP contribution in [-0.2, 0) is 16.1 Å². The molecule has 0 radical (unpaired) electrons. The zero-order valence-corrected chi connectivity index (χ0v) is 12.8. The Kier molecular flexibility index (Phi) is 3.16. The van der Waals surface area contributed by atoms with E-state index in [1.165, 1.54) is 12.8 Å². The van der Waals surface area contributed by atoms with Gasteiger partial charge in [-0.1, -0.05) is 0 Å².